The molecule has 1 heteroatoms. The number of fused-ring (bicyclic) bond motifs is 1. The highest BCUT2D eigenvalue weighted by Crippen LogP contribution is 2.60. The van der Waals surface area contributed by atoms with Gasteiger partial charge in [-0.2, -0.15) is 0 Å². The maximum Gasteiger partial charge on any atom is 0.000791 e. The van der Waals surface area contributed by atoms with E-state index in [-0.39, 0.29) is 0 Å². The first-order valence-electron chi connectivity index (χ1n) is 6.00. The Morgan fingerprint density at radius 1 is 1.23 bits per heavy atom. The van der Waals surface area contributed by atoms with E-state index in [1.807, 2.05) is 0 Å². The molecule has 2 atom stereocenters. The summed E-state index contributed by atoms with van der Waals surface area (Å²) in [7, 11) is 0. The molecule has 2 rings (SSSR count). The Balaban J connectivity index is 1.78. The summed E-state index contributed by atoms with van der Waals surface area (Å²) in [6.45, 7) is 7.11. The van der Waals surface area contributed by atoms with Crippen LogP contribution < -0.4 is 5.32 Å². The van der Waals surface area contributed by atoms with Crippen LogP contribution in [0.25, 0.3) is 0 Å². The van der Waals surface area contributed by atoms with Crippen LogP contribution in [0.1, 0.15) is 46.0 Å². The summed E-state index contributed by atoms with van der Waals surface area (Å²) in [5.41, 5.74) is 0.697. The van der Waals surface area contributed by atoms with Crippen molar-refractivity contribution in [2.24, 2.45) is 17.3 Å². The normalized spacial score (nSPS) is 42.0. The van der Waals surface area contributed by atoms with Gasteiger partial charge in [-0.05, 0) is 55.9 Å². The van der Waals surface area contributed by atoms with Gasteiger partial charge in [-0.3, -0.25) is 0 Å². The van der Waals surface area contributed by atoms with E-state index in [2.05, 4.69) is 19.2 Å². The summed E-state index contributed by atoms with van der Waals surface area (Å²) >= 11 is 0. The standard InChI is InChI=1S/C12H23N/c1-3-5-13-9-12(4-2)7-10-6-11(10)8-12/h10-11,13H,3-9H2,1-2H3. The molecule has 2 aliphatic rings. The van der Waals surface area contributed by atoms with Crippen molar-refractivity contribution in [2.75, 3.05) is 13.1 Å². The van der Waals surface area contributed by atoms with Crippen molar-refractivity contribution in [2.45, 2.75) is 46.0 Å². The lowest BCUT2D eigenvalue weighted by Gasteiger charge is -2.29. The number of hydrogen-bond donors (Lipinski definition) is 1. The number of rotatable bonds is 5. The molecular weight excluding hydrogens is 158 g/mol. The predicted octanol–water partition coefficient (Wildman–Crippen LogP) is 2.81. The van der Waals surface area contributed by atoms with Gasteiger partial charge in [0.15, 0.2) is 0 Å². The van der Waals surface area contributed by atoms with E-state index < -0.39 is 0 Å². The lowest BCUT2D eigenvalue weighted by atomic mass is 9.80. The smallest absolute Gasteiger partial charge is 0.000791 e. The molecular formula is C12H23N. The van der Waals surface area contributed by atoms with Crippen molar-refractivity contribution < 1.29 is 0 Å². The van der Waals surface area contributed by atoms with Gasteiger partial charge in [0.05, 0.1) is 0 Å². The molecule has 76 valence electrons. The van der Waals surface area contributed by atoms with Gasteiger partial charge in [0, 0.05) is 6.54 Å². The first-order valence-corrected chi connectivity index (χ1v) is 6.00. The van der Waals surface area contributed by atoms with Gasteiger partial charge in [-0.1, -0.05) is 13.8 Å². The Morgan fingerprint density at radius 3 is 2.46 bits per heavy atom. The Labute approximate surface area is 82.3 Å². The molecule has 0 aliphatic heterocycles. The van der Waals surface area contributed by atoms with Crippen LogP contribution in [-0.4, -0.2) is 13.1 Å². The van der Waals surface area contributed by atoms with E-state index in [1.54, 1.807) is 6.42 Å². The van der Waals surface area contributed by atoms with E-state index in [0.717, 1.165) is 11.8 Å². The Hall–Kier alpha value is -0.0400. The zero-order valence-corrected chi connectivity index (χ0v) is 9.10. The van der Waals surface area contributed by atoms with Crippen LogP contribution in [0, 0.1) is 17.3 Å². The quantitative estimate of drug-likeness (QED) is 0.643. The molecule has 0 heterocycles. The van der Waals surface area contributed by atoms with Crippen LogP contribution in [0.3, 0.4) is 0 Å². The largest absolute Gasteiger partial charge is 0.316 e. The summed E-state index contributed by atoms with van der Waals surface area (Å²) in [6.07, 6.45) is 7.24. The Kier molecular flexibility index (Phi) is 2.64. The van der Waals surface area contributed by atoms with E-state index >= 15 is 0 Å². The third-order valence-electron chi connectivity index (χ3n) is 4.14. The molecule has 0 aromatic rings. The Bertz CT molecular complexity index is 166. The lowest BCUT2D eigenvalue weighted by Crippen LogP contribution is -2.33. The minimum atomic E-state index is 0.697. The molecule has 0 aromatic heterocycles. The fraction of sp³-hybridized carbons (Fsp3) is 1.00. The van der Waals surface area contributed by atoms with E-state index in [4.69, 9.17) is 0 Å². The maximum atomic E-state index is 3.61. The molecule has 1 nitrogen and oxygen atoms in total. The topological polar surface area (TPSA) is 12.0 Å². The second kappa shape index (κ2) is 3.61. The summed E-state index contributed by atoms with van der Waals surface area (Å²) in [4.78, 5) is 0. The van der Waals surface area contributed by atoms with E-state index in [1.165, 1.54) is 38.8 Å². The first kappa shape index (κ1) is 9.51. The summed E-state index contributed by atoms with van der Waals surface area (Å²) in [5, 5.41) is 3.61. The Morgan fingerprint density at radius 2 is 1.92 bits per heavy atom. The summed E-state index contributed by atoms with van der Waals surface area (Å²) in [5.74, 6) is 2.26. The van der Waals surface area contributed by atoms with E-state index in [9.17, 15) is 0 Å². The second-order valence-corrected chi connectivity index (χ2v) is 5.19. The van der Waals surface area contributed by atoms with Crippen molar-refractivity contribution in [1.82, 2.24) is 5.32 Å². The van der Waals surface area contributed by atoms with Crippen molar-refractivity contribution in [3.8, 4) is 0 Å². The minimum Gasteiger partial charge on any atom is -0.316 e. The van der Waals surface area contributed by atoms with Gasteiger partial charge in [0.2, 0.25) is 0 Å². The van der Waals surface area contributed by atoms with Gasteiger partial charge < -0.3 is 5.32 Å². The van der Waals surface area contributed by atoms with Crippen LogP contribution in [0.2, 0.25) is 0 Å². The highest BCUT2D eigenvalue weighted by Gasteiger charge is 2.52. The van der Waals surface area contributed by atoms with Crippen LogP contribution >= 0.6 is 0 Å². The third-order valence-corrected chi connectivity index (χ3v) is 4.14. The van der Waals surface area contributed by atoms with Crippen LogP contribution in [0.4, 0.5) is 0 Å². The summed E-state index contributed by atoms with van der Waals surface area (Å²) in [6, 6.07) is 0. The predicted molar refractivity (Wildman–Crippen MR) is 56.7 cm³/mol. The maximum absolute atomic E-state index is 3.61. The molecule has 0 saturated heterocycles. The zero-order chi connectivity index (χ0) is 9.31. The molecule has 0 spiro atoms. The van der Waals surface area contributed by atoms with Crippen molar-refractivity contribution in [3.63, 3.8) is 0 Å². The molecule has 13 heavy (non-hydrogen) atoms. The van der Waals surface area contributed by atoms with Crippen LogP contribution in [0.5, 0.6) is 0 Å². The fourth-order valence-corrected chi connectivity index (χ4v) is 3.09. The molecule has 1 N–H and O–H groups in total. The molecule has 2 fully saturated rings. The first-order chi connectivity index (χ1) is 6.29. The fourth-order valence-electron chi connectivity index (χ4n) is 3.09. The average Bonchev–Trinajstić information content (AvgIpc) is 2.76. The molecule has 0 bridgehead atoms. The summed E-state index contributed by atoms with van der Waals surface area (Å²) < 4.78 is 0. The number of hydrogen-bond acceptors (Lipinski definition) is 1. The van der Waals surface area contributed by atoms with Crippen molar-refractivity contribution in [3.05, 3.63) is 0 Å². The number of nitrogens with one attached hydrogen (secondary N) is 1. The van der Waals surface area contributed by atoms with Gasteiger partial charge in [-0.15, -0.1) is 0 Å². The molecule has 0 radical (unpaired) electrons. The molecule has 0 amide bonds. The monoisotopic (exact) mass is 181 g/mol. The highest BCUT2D eigenvalue weighted by molar-refractivity contribution is 5.03. The van der Waals surface area contributed by atoms with E-state index in [0.29, 0.717) is 5.41 Å². The van der Waals surface area contributed by atoms with Gasteiger partial charge in [-0.25, -0.2) is 0 Å². The molecule has 2 aliphatic carbocycles. The van der Waals surface area contributed by atoms with Crippen LogP contribution in [-0.2, 0) is 0 Å². The molecule has 2 saturated carbocycles. The highest BCUT2D eigenvalue weighted by atomic mass is 14.9. The van der Waals surface area contributed by atoms with Gasteiger partial charge in [0.1, 0.15) is 0 Å². The SMILES string of the molecule is CCCNCC1(CC)CC2CC2C1. The minimum absolute atomic E-state index is 0.697. The lowest BCUT2D eigenvalue weighted by molar-refractivity contribution is 0.241. The van der Waals surface area contributed by atoms with Crippen molar-refractivity contribution in [1.29, 1.82) is 0 Å². The van der Waals surface area contributed by atoms with Crippen LogP contribution in [0.15, 0.2) is 0 Å². The van der Waals surface area contributed by atoms with Gasteiger partial charge >= 0.3 is 0 Å². The zero-order valence-electron chi connectivity index (χ0n) is 9.10. The molecule has 2 unspecified atom stereocenters. The second-order valence-electron chi connectivity index (χ2n) is 5.19. The van der Waals surface area contributed by atoms with Crippen molar-refractivity contribution >= 4 is 0 Å². The average molecular weight is 181 g/mol. The van der Waals surface area contributed by atoms with Gasteiger partial charge in [0.25, 0.3) is 0 Å². The third kappa shape index (κ3) is 1.90. The molecule has 0 aromatic carbocycles.